The summed E-state index contributed by atoms with van der Waals surface area (Å²) in [7, 11) is 0. The van der Waals surface area contributed by atoms with Gasteiger partial charge in [-0.05, 0) is 24.0 Å². The lowest BCUT2D eigenvalue weighted by Gasteiger charge is -2.25. The van der Waals surface area contributed by atoms with Gasteiger partial charge in [0.25, 0.3) is 5.69 Å². The number of nitro benzene ring substituents is 1. The van der Waals surface area contributed by atoms with Crippen molar-refractivity contribution >= 4 is 17.7 Å². The van der Waals surface area contributed by atoms with Crippen LogP contribution in [0, 0.1) is 10.1 Å². The zero-order valence-corrected chi connectivity index (χ0v) is 18.7. The minimum Gasteiger partial charge on any atom is -0.445 e. The molecule has 8 heteroatoms. The lowest BCUT2D eigenvalue weighted by molar-refractivity contribution is -0.384. The molecule has 33 heavy (non-hydrogen) atoms. The Hall–Kier alpha value is -3.42. The SMILES string of the molecule is O=C(N[C@@H](Cc1ccc([N+](=O)[O-])cc1)C(=O)NC1CCCCCCC1)OCc1ccccc1. The average molecular weight is 454 g/mol. The summed E-state index contributed by atoms with van der Waals surface area (Å²) in [5.41, 5.74) is 1.53. The van der Waals surface area contributed by atoms with E-state index in [0.29, 0.717) is 5.56 Å². The van der Waals surface area contributed by atoms with Crippen LogP contribution < -0.4 is 10.6 Å². The maximum Gasteiger partial charge on any atom is 0.408 e. The molecule has 176 valence electrons. The Kier molecular flexibility index (Phi) is 9.23. The Bertz CT molecular complexity index is 909. The maximum atomic E-state index is 13.1. The summed E-state index contributed by atoms with van der Waals surface area (Å²) in [6, 6.07) is 14.5. The summed E-state index contributed by atoms with van der Waals surface area (Å²) in [6.07, 6.45) is 7.09. The van der Waals surface area contributed by atoms with Crippen LogP contribution in [0.2, 0.25) is 0 Å². The van der Waals surface area contributed by atoms with Crippen LogP contribution in [0.3, 0.4) is 0 Å². The molecule has 0 bridgehead atoms. The van der Waals surface area contributed by atoms with Gasteiger partial charge in [-0.3, -0.25) is 14.9 Å². The number of hydrogen-bond donors (Lipinski definition) is 2. The van der Waals surface area contributed by atoms with E-state index in [1.807, 2.05) is 30.3 Å². The predicted octanol–water partition coefficient (Wildman–Crippen LogP) is 4.66. The van der Waals surface area contributed by atoms with E-state index in [1.165, 1.54) is 31.4 Å². The lowest BCUT2D eigenvalue weighted by Crippen LogP contribution is -2.50. The van der Waals surface area contributed by atoms with Crippen molar-refractivity contribution in [1.82, 2.24) is 10.6 Å². The Morgan fingerprint density at radius 3 is 2.21 bits per heavy atom. The van der Waals surface area contributed by atoms with Gasteiger partial charge >= 0.3 is 6.09 Å². The minimum absolute atomic E-state index is 0.0236. The fourth-order valence-corrected chi connectivity index (χ4v) is 4.01. The predicted molar refractivity (Wildman–Crippen MR) is 125 cm³/mol. The summed E-state index contributed by atoms with van der Waals surface area (Å²) in [6.45, 7) is 0.0984. The molecule has 2 N–H and O–H groups in total. The van der Waals surface area contributed by atoms with E-state index in [4.69, 9.17) is 4.74 Å². The van der Waals surface area contributed by atoms with Crippen molar-refractivity contribution in [3.8, 4) is 0 Å². The number of non-ortho nitro benzene ring substituents is 1. The molecule has 8 nitrogen and oxygen atoms in total. The van der Waals surface area contributed by atoms with Gasteiger partial charge in [-0.1, -0.05) is 74.6 Å². The van der Waals surface area contributed by atoms with Crippen molar-refractivity contribution < 1.29 is 19.2 Å². The minimum atomic E-state index is -0.847. The van der Waals surface area contributed by atoms with Gasteiger partial charge in [0.2, 0.25) is 5.91 Å². The second kappa shape index (κ2) is 12.6. The van der Waals surface area contributed by atoms with Crippen molar-refractivity contribution in [2.45, 2.75) is 70.1 Å². The van der Waals surface area contributed by atoms with Gasteiger partial charge in [-0.15, -0.1) is 0 Å². The molecule has 2 aromatic carbocycles. The topological polar surface area (TPSA) is 111 Å². The Balaban J connectivity index is 1.65. The van der Waals surface area contributed by atoms with E-state index in [2.05, 4.69) is 10.6 Å². The van der Waals surface area contributed by atoms with E-state index in [0.717, 1.165) is 31.2 Å². The van der Waals surface area contributed by atoms with Crippen molar-refractivity contribution in [3.63, 3.8) is 0 Å². The highest BCUT2D eigenvalue weighted by Crippen LogP contribution is 2.18. The van der Waals surface area contributed by atoms with Gasteiger partial charge in [0.1, 0.15) is 12.6 Å². The number of amides is 2. The van der Waals surface area contributed by atoms with Crippen LogP contribution in [0.4, 0.5) is 10.5 Å². The molecule has 1 aliphatic rings. The average Bonchev–Trinajstić information content (AvgIpc) is 2.80. The molecule has 0 aromatic heterocycles. The molecule has 3 rings (SSSR count). The first-order chi connectivity index (χ1) is 16.0. The van der Waals surface area contributed by atoms with Crippen LogP contribution in [0.15, 0.2) is 54.6 Å². The Morgan fingerprint density at radius 1 is 0.939 bits per heavy atom. The smallest absolute Gasteiger partial charge is 0.408 e. The third-order valence-electron chi connectivity index (χ3n) is 5.86. The zero-order valence-electron chi connectivity index (χ0n) is 18.7. The van der Waals surface area contributed by atoms with Crippen LogP contribution >= 0.6 is 0 Å². The highest BCUT2D eigenvalue weighted by atomic mass is 16.6. The highest BCUT2D eigenvalue weighted by molar-refractivity contribution is 5.86. The van der Waals surface area contributed by atoms with Crippen LogP contribution in [-0.4, -0.2) is 29.0 Å². The first-order valence-corrected chi connectivity index (χ1v) is 11.5. The second-order valence-corrected chi connectivity index (χ2v) is 8.44. The maximum absolute atomic E-state index is 13.1. The largest absolute Gasteiger partial charge is 0.445 e. The zero-order chi connectivity index (χ0) is 23.5. The molecule has 0 saturated heterocycles. The Labute approximate surface area is 193 Å². The van der Waals surface area contributed by atoms with Crippen molar-refractivity contribution in [2.24, 2.45) is 0 Å². The molecule has 1 saturated carbocycles. The quantitative estimate of drug-likeness (QED) is 0.446. The van der Waals surface area contributed by atoms with Crippen molar-refractivity contribution in [2.75, 3.05) is 0 Å². The monoisotopic (exact) mass is 453 g/mol. The van der Waals surface area contributed by atoms with E-state index in [9.17, 15) is 19.7 Å². The fraction of sp³-hybridized carbons (Fsp3) is 0.440. The van der Waals surface area contributed by atoms with Gasteiger partial charge in [0.05, 0.1) is 4.92 Å². The van der Waals surface area contributed by atoms with E-state index in [-0.39, 0.29) is 30.7 Å². The molecule has 0 heterocycles. The number of benzene rings is 2. The van der Waals surface area contributed by atoms with Crippen molar-refractivity contribution in [1.29, 1.82) is 0 Å². The number of alkyl carbamates (subject to hydrolysis) is 1. The Morgan fingerprint density at radius 2 is 1.58 bits per heavy atom. The van der Waals surface area contributed by atoms with Gasteiger partial charge in [-0.25, -0.2) is 4.79 Å². The molecular weight excluding hydrogens is 422 g/mol. The summed E-state index contributed by atoms with van der Waals surface area (Å²) >= 11 is 0. The van der Waals surface area contributed by atoms with E-state index < -0.39 is 17.1 Å². The first kappa shape index (κ1) is 24.2. The summed E-state index contributed by atoms with van der Waals surface area (Å²) < 4.78 is 5.30. The van der Waals surface area contributed by atoms with Gasteiger partial charge in [0.15, 0.2) is 0 Å². The van der Waals surface area contributed by atoms with Crippen LogP contribution in [0.5, 0.6) is 0 Å². The molecule has 1 aliphatic carbocycles. The third kappa shape index (κ3) is 8.21. The molecule has 1 fully saturated rings. The molecule has 1 atom stereocenters. The number of carbonyl (C=O) groups excluding carboxylic acids is 2. The van der Waals surface area contributed by atoms with Crippen LogP contribution in [0.1, 0.15) is 56.1 Å². The van der Waals surface area contributed by atoms with Crippen molar-refractivity contribution in [3.05, 3.63) is 75.8 Å². The molecule has 2 amide bonds. The van der Waals surface area contributed by atoms with Gasteiger partial charge < -0.3 is 15.4 Å². The summed E-state index contributed by atoms with van der Waals surface area (Å²) in [5, 5.41) is 16.7. The van der Waals surface area contributed by atoms with Gasteiger partial charge in [-0.2, -0.15) is 0 Å². The number of hydrogen-bond acceptors (Lipinski definition) is 5. The van der Waals surface area contributed by atoms with E-state index >= 15 is 0 Å². The highest BCUT2D eigenvalue weighted by Gasteiger charge is 2.25. The number of carbonyl (C=O) groups is 2. The number of nitrogens with zero attached hydrogens (tertiary/aromatic N) is 1. The molecule has 0 spiro atoms. The molecule has 0 unspecified atom stereocenters. The number of rotatable bonds is 8. The summed E-state index contributed by atoms with van der Waals surface area (Å²) in [5.74, 6) is -0.268. The second-order valence-electron chi connectivity index (χ2n) is 8.44. The standard InChI is InChI=1S/C25H31N3O5/c29-24(26-21-11-7-2-1-3-8-12-21)23(17-19-13-15-22(16-14-19)28(31)32)27-25(30)33-18-20-9-5-4-6-10-20/h4-6,9-10,13-16,21,23H,1-3,7-8,11-12,17-18H2,(H,26,29)(H,27,30)/t23-/m0/s1. The molecule has 2 aromatic rings. The summed E-state index contributed by atoms with van der Waals surface area (Å²) in [4.78, 5) is 36.0. The lowest BCUT2D eigenvalue weighted by atomic mass is 9.96. The number of nitrogens with one attached hydrogen (secondary N) is 2. The number of nitro groups is 1. The van der Waals surface area contributed by atoms with Crippen LogP contribution in [-0.2, 0) is 22.6 Å². The molecule has 0 radical (unpaired) electrons. The normalized spacial score (nSPS) is 15.5. The van der Waals surface area contributed by atoms with Crippen LogP contribution in [0.25, 0.3) is 0 Å². The van der Waals surface area contributed by atoms with Gasteiger partial charge in [0, 0.05) is 24.6 Å². The number of ether oxygens (including phenoxy) is 1. The third-order valence-corrected chi connectivity index (χ3v) is 5.86. The molecule has 0 aliphatic heterocycles. The fourth-order valence-electron chi connectivity index (χ4n) is 4.01. The molecular formula is C25H31N3O5. The first-order valence-electron chi connectivity index (χ1n) is 11.5. The van der Waals surface area contributed by atoms with E-state index in [1.54, 1.807) is 12.1 Å².